The molecule has 11 heteroatoms. The van der Waals surface area contributed by atoms with E-state index in [0.717, 1.165) is 16.6 Å². The molecule has 5 rings (SSSR count). The van der Waals surface area contributed by atoms with Crippen molar-refractivity contribution in [1.82, 2.24) is 19.3 Å². The van der Waals surface area contributed by atoms with E-state index in [0.29, 0.717) is 52.5 Å². The zero-order valence-corrected chi connectivity index (χ0v) is 21.0. The molecule has 2 aromatic carbocycles. The molecule has 0 aliphatic carbocycles. The molecule has 184 valence electrons. The summed E-state index contributed by atoms with van der Waals surface area (Å²) in [6.45, 7) is 6.46. The first-order valence-corrected chi connectivity index (χ1v) is 12.3. The molecule has 3 aromatic heterocycles. The van der Waals surface area contributed by atoms with Crippen molar-refractivity contribution in [2.45, 2.75) is 33.9 Å². The predicted octanol–water partition coefficient (Wildman–Crippen LogP) is 3.23. The Morgan fingerprint density at radius 2 is 1.92 bits per heavy atom. The van der Waals surface area contributed by atoms with Crippen LogP contribution in [0.1, 0.15) is 44.8 Å². The second kappa shape index (κ2) is 9.22. The van der Waals surface area contributed by atoms with E-state index in [1.54, 1.807) is 23.7 Å². The number of primary amides is 1. The second-order valence-electron chi connectivity index (χ2n) is 8.53. The fourth-order valence-electron chi connectivity index (χ4n) is 4.38. The van der Waals surface area contributed by atoms with Crippen LogP contribution in [0.5, 0.6) is 0 Å². The first-order chi connectivity index (χ1) is 17.3. The number of carbonyl (C=O) groups excluding carboxylic acids is 2. The molecular formula is C25H25N6O4P. The number of anilines is 1. The summed E-state index contributed by atoms with van der Waals surface area (Å²) < 4.78 is 9.34. The lowest BCUT2D eigenvalue weighted by atomic mass is 10.1. The van der Waals surface area contributed by atoms with Crippen LogP contribution in [0.15, 0.2) is 46.9 Å². The highest BCUT2D eigenvalue weighted by Gasteiger charge is 2.23. The minimum Gasteiger partial charge on any atom is -0.460 e. The predicted molar refractivity (Wildman–Crippen MR) is 139 cm³/mol. The third kappa shape index (κ3) is 4.14. The lowest BCUT2D eigenvalue weighted by Crippen LogP contribution is -2.20. The average Bonchev–Trinajstić information content (AvgIpc) is 3.53. The number of benzene rings is 2. The van der Waals surface area contributed by atoms with Gasteiger partial charge in [-0.05, 0) is 49.8 Å². The van der Waals surface area contributed by atoms with Crippen molar-refractivity contribution >= 4 is 53.9 Å². The number of hydrogen-bond donors (Lipinski definition) is 3. The number of nitrogens with one attached hydrogen (secondary N) is 1. The molecule has 0 bridgehead atoms. The van der Waals surface area contributed by atoms with Gasteiger partial charge in [-0.25, -0.2) is 4.98 Å². The van der Waals surface area contributed by atoms with Crippen LogP contribution in [-0.4, -0.2) is 36.0 Å². The van der Waals surface area contributed by atoms with E-state index in [4.69, 9.17) is 10.2 Å². The van der Waals surface area contributed by atoms with Crippen molar-refractivity contribution in [2.75, 3.05) is 5.32 Å². The maximum atomic E-state index is 13.3. The first kappa shape index (κ1) is 23.7. The van der Waals surface area contributed by atoms with Gasteiger partial charge >= 0.3 is 0 Å². The molecule has 0 radical (unpaired) electrons. The highest BCUT2D eigenvalue weighted by molar-refractivity contribution is 7.40. The molecule has 0 saturated heterocycles. The molecule has 2 amide bonds. The van der Waals surface area contributed by atoms with E-state index in [9.17, 15) is 14.5 Å². The Labute approximate surface area is 208 Å². The van der Waals surface area contributed by atoms with Crippen molar-refractivity contribution in [2.24, 2.45) is 5.73 Å². The summed E-state index contributed by atoms with van der Waals surface area (Å²) in [7, 11) is -0.291. The van der Waals surface area contributed by atoms with Gasteiger partial charge < -0.3 is 19.6 Å². The summed E-state index contributed by atoms with van der Waals surface area (Å²) in [4.78, 5) is 39.6. The maximum Gasteiger partial charge on any atom is 0.276 e. The van der Waals surface area contributed by atoms with E-state index in [1.807, 2.05) is 48.7 Å². The van der Waals surface area contributed by atoms with Crippen LogP contribution >= 0.6 is 8.81 Å². The molecule has 4 N–H and O–H groups in total. The number of hydrogen-bond acceptors (Lipinski definition) is 6. The Balaban J connectivity index is 1.69. The smallest absolute Gasteiger partial charge is 0.276 e. The Morgan fingerprint density at radius 3 is 2.58 bits per heavy atom. The topological polar surface area (TPSA) is 141 Å². The highest BCUT2D eigenvalue weighted by atomic mass is 31.1. The third-order valence-corrected chi connectivity index (χ3v) is 6.57. The van der Waals surface area contributed by atoms with Crippen LogP contribution in [0.2, 0.25) is 0 Å². The van der Waals surface area contributed by atoms with Gasteiger partial charge in [-0.1, -0.05) is 24.3 Å². The van der Waals surface area contributed by atoms with Crippen LogP contribution in [-0.2, 0) is 13.1 Å². The lowest BCUT2D eigenvalue weighted by Gasteiger charge is -2.12. The second-order valence-corrected chi connectivity index (χ2v) is 9.33. The summed E-state index contributed by atoms with van der Waals surface area (Å²) in [5.41, 5.74) is 9.54. The molecule has 0 spiro atoms. The number of aryl methyl sites for hydroxylation is 3. The zero-order valence-electron chi connectivity index (χ0n) is 20.0. The number of imidazole rings is 1. The normalized spacial score (nSPS) is 11.8. The summed E-state index contributed by atoms with van der Waals surface area (Å²) in [5, 5.41) is 8.79. The van der Waals surface area contributed by atoms with Crippen molar-refractivity contribution in [3.8, 4) is 0 Å². The van der Waals surface area contributed by atoms with Gasteiger partial charge in [0.15, 0.2) is 0 Å². The van der Waals surface area contributed by atoms with Crippen LogP contribution in [0.4, 0.5) is 5.95 Å². The summed E-state index contributed by atoms with van der Waals surface area (Å²) in [5.74, 6) is -0.0416. The van der Waals surface area contributed by atoms with Crippen LogP contribution in [0.3, 0.4) is 0 Å². The van der Waals surface area contributed by atoms with Gasteiger partial charge in [0.25, 0.3) is 11.8 Å². The molecule has 5 aromatic rings. The minimum absolute atomic E-state index is 0.223. The quantitative estimate of drug-likeness (QED) is 0.291. The zero-order chi connectivity index (χ0) is 25.6. The number of nitrogens with two attached hydrogens (primary N) is 1. The average molecular weight is 504 g/mol. The number of carbonyl (C=O) groups is 2. The molecule has 1 unspecified atom stereocenters. The van der Waals surface area contributed by atoms with Gasteiger partial charge in [0, 0.05) is 20.7 Å². The van der Waals surface area contributed by atoms with E-state index in [1.165, 1.54) is 0 Å². The summed E-state index contributed by atoms with van der Waals surface area (Å²) in [6.07, 6.45) is 0. The molecule has 10 nitrogen and oxygen atoms in total. The van der Waals surface area contributed by atoms with Crippen LogP contribution in [0.25, 0.3) is 22.0 Å². The standard InChI is InChI=1S/C25H25N6O4P/c1-4-31-20(9-13(2)29-31)24(33)28-25-27-19-11-18(23(26)32)22-17(10-14(3)35-22)21(19)30(25)12-15-5-7-16(36-34)8-6-15/h5-11,34,36H,4,12H2,1-3H3,(H2,26,32)(H,27,28,33). The molecule has 0 aliphatic rings. The molecule has 0 aliphatic heterocycles. The summed E-state index contributed by atoms with van der Waals surface area (Å²) >= 11 is 0. The number of nitrogens with zero attached hydrogens (tertiary/aromatic N) is 4. The van der Waals surface area contributed by atoms with Crippen molar-refractivity contribution in [1.29, 1.82) is 0 Å². The maximum absolute atomic E-state index is 13.3. The Kier molecular flexibility index (Phi) is 6.07. The van der Waals surface area contributed by atoms with Crippen LogP contribution < -0.4 is 16.4 Å². The van der Waals surface area contributed by atoms with E-state index in [-0.39, 0.29) is 20.3 Å². The van der Waals surface area contributed by atoms with Gasteiger partial charge in [0.1, 0.15) is 17.0 Å². The first-order valence-electron chi connectivity index (χ1n) is 11.4. The number of aromatic nitrogens is 4. The van der Waals surface area contributed by atoms with Crippen molar-refractivity contribution < 1.29 is 18.9 Å². The fourth-order valence-corrected chi connectivity index (χ4v) is 4.70. The van der Waals surface area contributed by atoms with E-state index >= 15 is 0 Å². The fraction of sp³-hybridized carbons (Fsp3) is 0.200. The van der Waals surface area contributed by atoms with Crippen LogP contribution in [0, 0.1) is 13.8 Å². The minimum atomic E-state index is -0.626. The van der Waals surface area contributed by atoms with Gasteiger partial charge in [-0.2, -0.15) is 5.10 Å². The molecule has 1 atom stereocenters. The molecule has 36 heavy (non-hydrogen) atoms. The largest absolute Gasteiger partial charge is 0.460 e. The molecular weight excluding hydrogens is 479 g/mol. The molecule has 3 heterocycles. The van der Waals surface area contributed by atoms with Gasteiger partial charge in [0.05, 0.1) is 28.8 Å². The van der Waals surface area contributed by atoms with E-state index in [2.05, 4.69) is 15.4 Å². The molecule has 0 saturated carbocycles. The Hall–Kier alpha value is -4.01. The number of fused-ring (bicyclic) bond motifs is 3. The van der Waals surface area contributed by atoms with Gasteiger partial charge in [0.2, 0.25) is 5.95 Å². The number of amides is 2. The van der Waals surface area contributed by atoms with E-state index < -0.39 is 5.91 Å². The van der Waals surface area contributed by atoms with Gasteiger partial charge in [-0.3, -0.25) is 19.6 Å². The van der Waals surface area contributed by atoms with Gasteiger partial charge in [-0.15, -0.1) is 0 Å². The SMILES string of the molecule is CCn1nc(C)cc1C(=O)Nc1nc2cc(C(N)=O)c3oc(C)cc3c2n1Cc1ccc(PO)cc1. The lowest BCUT2D eigenvalue weighted by molar-refractivity contribution is 0.0996. The number of furan rings is 1. The Bertz CT molecular complexity index is 1630. The highest BCUT2D eigenvalue weighted by Crippen LogP contribution is 2.34. The van der Waals surface area contributed by atoms with Crippen molar-refractivity contribution in [3.05, 3.63) is 70.7 Å². The monoisotopic (exact) mass is 504 g/mol. The third-order valence-electron chi connectivity index (χ3n) is 5.98. The number of rotatable bonds is 7. The Morgan fingerprint density at radius 1 is 1.17 bits per heavy atom. The summed E-state index contributed by atoms with van der Waals surface area (Å²) in [6, 6.07) is 12.7. The molecule has 0 fully saturated rings. The van der Waals surface area contributed by atoms with Crippen molar-refractivity contribution in [3.63, 3.8) is 0 Å².